The van der Waals surface area contributed by atoms with Gasteiger partial charge in [-0.15, -0.1) is 0 Å². The van der Waals surface area contributed by atoms with Gasteiger partial charge in [0.05, 0.1) is 13.2 Å². The summed E-state index contributed by atoms with van der Waals surface area (Å²) in [5, 5.41) is -0.686. The summed E-state index contributed by atoms with van der Waals surface area (Å²) in [7, 11) is -0.676. The van der Waals surface area contributed by atoms with E-state index in [1.54, 1.807) is 0 Å². The first-order chi connectivity index (χ1) is 7.18. The highest BCUT2D eigenvalue weighted by molar-refractivity contribution is 6.68. The molecule has 0 spiro atoms. The van der Waals surface area contributed by atoms with E-state index in [2.05, 4.69) is 0 Å². The Hall–Kier alpha value is -0.905. The second-order valence-corrected chi connectivity index (χ2v) is 3.43. The van der Waals surface area contributed by atoms with E-state index in [1.165, 1.54) is 12.1 Å². The zero-order chi connectivity index (χ0) is 10.8. The number of carbonyl (C=O) groups is 1. The molecule has 0 aliphatic carbocycles. The second kappa shape index (κ2) is 4.30. The average Bonchev–Trinajstić information content (AvgIpc) is 2.70. The van der Waals surface area contributed by atoms with E-state index in [4.69, 9.17) is 20.9 Å². The number of rotatable bonds is 2. The summed E-state index contributed by atoms with van der Waals surface area (Å²) < 4.78 is 23.8. The van der Waals surface area contributed by atoms with Gasteiger partial charge in [0.15, 0.2) is 0 Å². The molecule has 0 aromatic heterocycles. The second-order valence-electron chi connectivity index (χ2n) is 3.08. The van der Waals surface area contributed by atoms with E-state index >= 15 is 0 Å². The molecule has 0 radical (unpaired) electrons. The molecule has 0 unspecified atom stereocenters. The van der Waals surface area contributed by atoms with E-state index in [9.17, 15) is 9.18 Å². The molecular formula is C9H7BClFO3. The van der Waals surface area contributed by atoms with Crippen LogP contribution in [0.25, 0.3) is 0 Å². The van der Waals surface area contributed by atoms with Crippen molar-refractivity contribution in [1.82, 2.24) is 0 Å². The Labute approximate surface area is 91.3 Å². The molecule has 6 heteroatoms. The highest BCUT2D eigenvalue weighted by Crippen LogP contribution is 2.08. The van der Waals surface area contributed by atoms with Crippen molar-refractivity contribution in [2.24, 2.45) is 0 Å². The van der Waals surface area contributed by atoms with Crippen molar-refractivity contribution in [3.63, 3.8) is 0 Å². The molecule has 2 rings (SSSR count). The highest BCUT2D eigenvalue weighted by Gasteiger charge is 2.29. The molecule has 3 nitrogen and oxygen atoms in total. The molecule has 1 saturated heterocycles. The molecule has 1 aliphatic rings. The summed E-state index contributed by atoms with van der Waals surface area (Å²) in [6.45, 7) is 0.889. The predicted octanol–water partition coefficient (Wildman–Crippen LogP) is 0.947. The molecule has 15 heavy (non-hydrogen) atoms. The molecule has 0 atom stereocenters. The minimum Gasteiger partial charge on any atom is -0.405 e. The Balaban J connectivity index is 2.29. The van der Waals surface area contributed by atoms with Crippen LogP contribution in [0.4, 0.5) is 4.39 Å². The van der Waals surface area contributed by atoms with Gasteiger partial charge in [-0.1, -0.05) is 12.1 Å². The number of carbonyl (C=O) groups excluding carboxylic acids is 1. The predicted molar refractivity (Wildman–Crippen MR) is 53.9 cm³/mol. The number of benzene rings is 1. The topological polar surface area (TPSA) is 35.5 Å². The largest absolute Gasteiger partial charge is 0.497 e. The van der Waals surface area contributed by atoms with Gasteiger partial charge in [-0.3, -0.25) is 4.79 Å². The van der Waals surface area contributed by atoms with Gasteiger partial charge in [-0.25, -0.2) is 4.39 Å². The van der Waals surface area contributed by atoms with E-state index in [-0.39, 0.29) is 11.0 Å². The van der Waals surface area contributed by atoms with Gasteiger partial charge in [-0.2, -0.15) is 0 Å². The Morgan fingerprint density at radius 1 is 1.40 bits per heavy atom. The average molecular weight is 228 g/mol. The zero-order valence-corrected chi connectivity index (χ0v) is 8.46. The fourth-order valence-electron chi connectivity index (χ4n) is 1.38. The third-order valence-corrected chi connectivity index (χ3v) is 2.32. The third-order valence-electron chi connectivity index (χ3n) is 2.10. The first kappa shape index (κ1) is 10.6. The lowest BCUT2D eigenvalue weighted by molar-refractivity contribution is 0.108. The molecule has 1 aliphatic heterocycles. The quantitative estimate of drug-likeness (QED) is 0.558. The van der Waals surface area contributed by atoms with Crippen molar-refractivity contribution in [1.29, 1.82) is 0 Å². The molecule has 0 amide bonds. The van der Waals surface area contributed by atoms with Crippen LogP contribution in [0.1, 0.15) is 10.4 Å². The van der Waals surface area contributed by atoms with Crippen LogP contribution in [-0.2, 0) is 9.31 Å². The van der Waals surface area contributed by atoms with Crippen molar-refractivity contribution < 1.29 is 18.5 Å². The van der Waals surface area contributed by atoms with E-state index in [0.29, 0.717) is 13.2 Å². The molecule has 0 saturated carbocycles. The van der Waals surface area contributed by atoms with E-state index < -0.39 is 18.2 Å². The maximum Gasteiger partial charge on any atom is 0.497 e. The molecule has 0 N–H and O–H groups in total. The summed E-state index contributed by atoms with van der Waals surface area (Å²) in [5.74, 6) is -0.548. The summed E-state index contributed by atoms with van der Waals surface area (Å²) in [5.41, 5.74) is 0.407. The molecule has 1 aromatic rings. The van der Waals surface area contributed by atoms with Crippen LogP contribution in [0.2, 0.25) is 0 Å². The summed E-state index contributed by atoms with van der Waals surface area (Å²) in [4.78, 5) is 10.8. The standard InChI is InChI=1S/C9H7BClFO3/c11-9(13)6-1-2-7(8(12)5-6)10-14-3-4-15-10/h1-2,5H,3-4H2. The molecular weight excluding hydrogens is 221 g/mol. The van der Waals surface area contributed by atoms with Gasteiger partial charge in [0.1, 0.15) is 5.82 Å². The molecule has 1 heterocycles. The van der Waals surface area contributed by atoms with Crippen LogP contribution >= 0.6 is 11.6 Å². The number of hydrogen-bond acceptors (Lipinski definition) is 3. The van der Waals surface area contributed by atoms with Gasteiger partial charge in [0.2, 0.25) is 0 Å². The normalized spacial score (nSPS) is 15.7. The van der Waals surface area contributed by atoms with Gasteiger partial charge < -0.3 is 9.31 Å². The Morgan fingerprint density at radius 3 is 2.60 bits per heavy atom. The maximum atomic E-state index is 13.5. The zero-order valence-electron chi connectivity index (χ0n) is 7.70. The van der Waals surface area contributed by atoms with Crippen LogP contribution in [0.3, 0.4) is 0 Å². The number of halogens is 2. The number of hydrogen-bond donors (Lipinski definition) is 0. The monoisotopic (exact) mass is 228 g/mol. The van der Waals surface area contributed by atoms with E-state index in [0.717, 1.165) is 6.07 Å². The fraction of sp³-hybridized carbons (Fsp3) is 0.222. The summed E-state index contributed by atoms with van der Waals surface area (Å²) >= 11 is 5.22. The van der Waals surface area contributed by atoms with Crippen molar-refractivity contribution in [2.45, 2.75) is 0 Å². The molecule has 1 fully saturated rings. The summed E-state index contributed by atoms with van der Waals surface area (Å²) in [6.07, 6.45) is 0. The van der Waals surface area contributed by atoms with Gasteiger partial charge in [0.25, 0.3) is 5.24 Å². The fourth-order valence-corrected chi connectivity index (χ4v) is 1.50. The van der Waals surface area contributed by atoms with Crippen molar-refractivity contribution in [2.75, 3.05) is 13.2 Å². The Kier molecular flexibility index (Phi) is 3.04. The van der Waals surface area contributed by atoms with Crippen molar-refractivity contribution in [3.8, 4) is 0 Å². The lowest BCUT2D eigenvalue weighted by Crippen LogP contribution is -2.34. The molecule has 0 bridgehead atoms. The van der Waals surface area contributed by atoms with Gasteiger partial charge >= 0.3 is 7.12 Å². The third kappa shape index (κ3) is 2.20. The minimum absolute atomic E-state index is 0.121. The van der Waals surface area contributed by atoms with Crippen LogP contribution < -0.4 is 5.46 Å². The first-order valence-corrected chi connectivity index (χ1v) is 4.79. The van der Waals surface area contributed by atoms with Crippen LogP contribution in [0.5, 0.6) is 0 Å². The SMILES string of the molecule is O=C(Cl)c1ccc(B2OCCO2)c(F)c1. The molecule has 78 valence electrons. The van der Waals surface area contributed by atoms with Crippen LogP contribution in [-0.4, -0.2) is 25.6 Å². The van der Waals surface area contributed by atoms with Crippen molar-refractivity contribution in [3.05, 3.63) is 29.6 Å². The van der Waals surface area contributed by atoms with E-state index in [1.807, 2.05) is 0 Å². The smallest absolute Gasteiger partial charge is 0.405 e. The lowest BCUT2D eigenvalue weighted by Gasteiger charge is -2.05. The van der Waals surface area contributed by atoms with Crippen molar-refractivity contribution >= 4 is 29.4 Å². The maximum absolute atomic E-state index is 13.5. The molecule has 1 aromatic carbocycles. The first-order valence-electron chi connectivity index (χ1n) is 4.41. The minimum atomic E-state index is -0.686. The Morgan fingerprint density at radius 2 is 2.07 bits per heavy atom. The lowest BCUT2D eigenvalue weighted by atomic mass is 9.78. The highest BCUT2D eigenvalue weighted by atomic mass is 35.5. The Bertz CT molecular complexity index is 393. The van der Waals surface area contributed by atoms with Gasteiger partial charge in [-0.05, 0) is 17.7 Å². The van der Waals surface area contributed by atoms with Crippen LogP contribution in [0, 0.1) is 5.82 Å². The van der Waals surface area contributed by atoms with Crippen LogP contribution in [0.15, 0.2) is 18.2 Å². The summed E-state index contributed by atoms with van der Waals surface area (Å²) in [6, 6.07) is 3.97. The van der Waals surface area contributed by atoms with Gasteiger partial charge in [0, 0.05) is 11.0 Å².